The standard InChI is InChI=1S/C14H23N3O2/c1-14(2,3)12-8-11(16-19-12)13(18)17-7-5-6-10(9-17)15-4/h8,10,15H,5-7,9H2,1-4H3. The number of aromatic nitrogens is 1. The molecule has 1 saturated heterocycles. The second-order valence-corrected chi connectivity index (χ2v) is 6.21. The molecule has 0 bridgehead atoms. The first kappa shape index (κ1) is 14.1. The van der Waals surface area contributed by atoms with Crippen molar-refractivity contribution in [2.45, 2.75) is 45.1 Å². The highest BCUT2D eigenvalue weighted by molar-refractivity contribution is 5.92. The third-order valence-electron chi connectivity index (χ3n) is 3.59. The van der Waals surface area contributed by atoms with Crippen LogP contribution >= 0.6 is 0 Å². The number of carbonyl (C=O) groups excluding carboxylic acids is 1. The molecule has 1 N–H and O–H groups in total. The van der Waals surface area contributed by atoms with Crippen molar-refractivity contribution in [1.29, 1.82) is 0 Å². The van der Waals surface area contributed by atoms with Gasteiger partial charge in [-0.15, -0.1) is 0 Å². The van der Waals surface area contributed by atoms with Gasteiger partial charge in [0.05, 0.1) is 0 Å². The summed E-state index contributed by atoms with van der Waals surface area (Å²) in [5.41, 5.74) is 0.294. The predicted molar refractivity (Wildman–Crippen MR) is 73.2 cm³/mol. The second kappa shape index (κ2) is 5.33. The lowest BCUT2D eigenvalue weighted by atomic mass is 9.93. The van der Waals surface area contributed by atoms with E-state index in [1.165, 1.54) is 0 Å². The van der Waals surface area contributed by atoms with Crippen molar-refractivity contribution in [3.05, 3.63) is 17.5 Å². The maximum Gasteiger partial charge on any atom is 0.276 e. The Balaban J connectivity index is 2.09. The number of rotatable bonds is 2. The van der Waals surface area contributed by atoms with Crippen molar-refractivity contribution >= 4 is 5.91 Å². The van der Waals surface area contributed by atoms with Crippen molar-refractivity contribution in [2.75, 3.05) is 20.1 Å². The Hall–Kier alpha value is -1.36. The Kier molecular flexibility index (Phi) is 3.94. The molecule has 1 aromatic rings. The Labute approximate surface area is 114 Å². The molecule has 0 radical (unpaired) electrons. The van der Waals surface area contributed by atoms with Crippen LogP contribution in [0.3, 0.4) is 0 Å². The van der Waals surface area contributed by atoms with Gasteiger partial charge in [0.1, 0.15) is 5.76 Å². The minimum absolute atomic E-state index is 0.0285. The number of nitrogens with zero attached hydrogens (tertiary/aromatic N) is 2. The molecule has 1 aromatic heterocycles. The van der Waals surface area contributed by atoms with Crippen LogP contribution in [-0.4, -0.2) is 42.1 Å². The predicted octanol–water partition coefficient (Wildman–Crippen LogP) is 1.80. The van der Waals surface area contributed by atoms with Crippen LogP contribution in [0.5, 0.6) is 0 Å². The van der Waals surface area contributed by atoms with Crippen molar-refractivity contribution in [1.82, 2.24) is 15.4 Å². The monoisotopic (exact) mass is 265 g/mol. The molecule has 5 nitrogen and oxygen atoms in total. The van der Waals surface area contributed by atoms with Gasteiger partial charge in [-0.1, -0.05) is 25.9 Å². The average molecular weight is 265 g/mol. The normalized spacial score (nSPS) is 20.6. The summed E-state index contributed by atoms with van der Waals surface area (Å²) in [6.07, 6.45) is 2.15. The molecule has 2 heterocycles. The summed E-state index contributed by atoms with van der Waals surface area (Å²) >= 11 is 0. The van der Waals surface area contributed by atoms with E-state index in [9.17, 15) is 4.79 Å². The first-order chi connectivity index (χ1) is 8.91. The van der Waals surface area contributed by atoms with Gasteiger partial charge in [0.2, 0.25) is 0 Å². The summed E-state index contributed by atoms with van der Waals surface area (Å²) in [5, 5.41) is 7.15. The fourth-order valence-electron chi connectivity index (χ4n) is 2.29. The van der Waals surface area contributed by atoms with E-state index in [1.807, 2.05) is 32.7 Å². The van der Waals surface area contributed by atoms with Crippen LogP contribution in [0.15, 0.2) is 10.6 Å². The molecule has 0 aromatic carbocycles. The van der Waals surface area contributed by atoms with Crippen LogP contribution in [0.2, 0.25) is 0 Å². The highest BCUT2D eigenvalue weighted by Gasteiger charge is 2.27. The number of hydrogen-bond donors (Lipinski definition) is 1. The van der Waals surface area contributed by atoms with Gasteiger partial charge in [0.15, 0.2) is 5.69 Å². The van der Waals surface area contributed by atoms with Crippen LogP contribution in [0.1, 0.15) is 49.9 Å². The van der Waals surface area contributed by atoms with Crippen molar-refractivity contribution in [3.8, 4) is 0 Å². The number of likely N-dealkylation sites (tertiary alicyclic amines) is 1. The molecule has 0 saturated carbocycles. The quantitative estimate of drug-likeness (QED) is 0.886. The second-order valence-electron chi connectivity index (χ2n) is 6.21. The molecule has 0 aliphatic carbocycles. The van der Waals surface area contributed by atoms with E-state index >= 15 is 0 Å². The van der Waals surface area contributed by atoms with E-state index in [0.717, 1.165) is 31.7 Å². The molecule has 1 unspecified atom stereocenters. The summed E-state index contributed by atoms with van der Waals surface area (Å²) in [6, 6.07) is 2.15. The number of hydrogen-bond acceptors (Lipinski definition) is 4. The number of piperidine rings is 1. The van der Waals surface area contributed by atoms with Gasteiger partial charge in [-0.2, -0.15) is 0 Å². The number of likely N-dealkylation sites (N-methyl/N-ethyl adjacent to an activating group) is 1. The van der Waals surface area contributed by atoms with Crippen molar-refractivity contribution < 1.29 is 9.32 Å². The molecular weight excluding hydrogens is 242 g/mol. The molecule has 1 atom stereocenters. The summed E-state index contributed by atoms with van der Waals surface area (Å²) in [4.78, 5) is 14.2. The minimum Gasteiger partial charge on any atom is -0.360 e. The van der Waals surface area contributed by atoms with Crippen LogP contribution in [0, 0.1) is 0 Å². The SMILES string of the molecule is CNC1CCCN(C(=O)c2cc(C(C)(C)C)on2)C1. The molecular formula is C14H23N3O2. The van der Waals surface area contributed by atoms with Crippen molar-refractivity contribution in [2.24, 2.45) is 0 Å². The molecule has 1 fully saturated rings. The maximum atomic E-state index is 12.4. The maximum absolute atomic E-state index is 12.4. The highest BCUT2D eigenvalue weighted by Crippen LogP contribution is 2.23. The van der Waals surface area contributed by atoms with Gasteiger partial charge in [0.25, 0.3) is 5.91 Å². The number of nitrogens with one attached hydrogen (secondary N) is 1. The molecule has 0 spiro atoms. The van der Waals surface area contributed by atoms with Gasteiger partial charge < -0.3 is 14.7 Å². The summed E-state index contributed by atoms with van der Waals surface area (Å²) in [7, 11) is 1.94. The first-order valence-electron chi connectivity index (χ1n) is 6.85. The minimum atomic E-state index is -0.124. The van der Waals surface area contributed by atoms with Crippen molar-refractivity contribution in [3.63, 3.8) is 0 Å². The van der Waals surface area contributed by atoms with E-state index < -0.39 is 0 Å². The van der Waals surface area contributed by atoms with Gasteiger partial charge >= 0.3 is 0 Å². The Morgan fingerprint density at radius 1 is 1.53 bits per heavy atom. The molecule has 1 amide bonds. The molecule has 19 heavy (non-hydrogen) atoms. The van der Waals surface area contributed by atoms with Gasteiger partial charge in [-0.05, 0) is 19.9 Å². The lowest BCUT2D eigenvalue weighted by Gasteiger charge is -2.31. The summed E-state index contributed by atoms with van der Waals surface area (Å²) in [5.74, 6) is 0.720. The van der Waals surface area contributed by atoms with Gasteiger partial charge in [-0.25, -0.2) is 0 Å². The van der Waals surface area contributed by atoms with Crippen LogP contribution in [0.4, 0.5) is 0 Å². The molecule has 1 aliphatic rings. The summed E-state index contributed by atoms with van der Waals surface area (Å²) < 4.78 is 5.28. The number of carbonyl (C=O) groups is 1. The first-order valence-corrected chi connectivity index (χ1v) is 6.85. The van der Waals surface area contributed by atoms with Crippen LogP contribution in [-0.2, 0) is 5.41 Å². The fourth-order valence-corrected chi connectivity index (χ4v) is 2.29. The van der Waals surface area contributed by atoms with Crippen LogP contribution in [0.25, 0.3) is 0 Å². The van der Waals surface area contributed by atoms with E-state index in [4.69, 9.17) is 4.52 Å². The van der Waals surface area contributed by atoms with E-state index in [-0.39, 0.29) is 11.3 Å². The molecule has 106 valence electrons. The Morgan fingerprint density at radius 2 is 2.26 bits per heavy atom. The van der Waals surface area contributed by atoms with Gasteiger partial charge in [0, 0.05) is 30.6 Å². The zero-order chi connectivity index (χ0) is 14.0. The molecule has 1 aliphatic heterocycles. The van der Waals surface area contributed by atoms with E-state index in [2.05, 4.69) is 10.5 Å². The average Bonchev–Trinajstić information content (AvgIpc) is 2.87. The number of amides is 1. The van der Waals surface area contributed by atoms with E-state index in [1.54, 1.807) is 6.07 Å². The van der Waals surface area contributed by atoms with Crippen LogP contribution < -0.4 is 5.32 Å². The highest BCUT2D eigenvalue weighted by atomic mass is 16.5. The third kappa shape index (κ3) is 3.15. The van der Waals surface area contributed by atoms with E-state index in [0.29, 0.717) is 11.7 Å². The third-order valence-corrected chi connectivity index (χ3v) is 3.59. The Morgan fingerprint density at radius 3 is 2.84 bits per heavy atom. The topological polar surface area (TPSA) is 58.4 Å². The smallest absolute Gasteiger partial charge is 0.276 e. The zero-order valence-electron chi connectivity index (χ0n) is 12.2. The lowest BCUT2D eigenvalue weighted by molar-refractivity contribution is 0.0687. The van der Waals surface area contributed by atoms with Gasteiger partial charge in [-0.3, -0.25) is 4.79 Å². The molecule has 5 heteroatoms. The zero-order valence-corrected chi connectivity index (χ0v) is 12.2. The summed E-state index contributed by atoms with van der Waals surface area (Å²) in [6.45, 7) is 7.67. The largest absolute Gasteiger partial charge is 0.360 e. The fraction of sp³-hybridized carbons (Fsp3) is 0.714. The Bertz CT molecular complexity index is 448. The lowest BCUT2D eigenvalue weighted by Crippen LogP contribution is -2.47. The molecule has 2 rings (SSSR count).